The molecule has 0 spiro atoms. The average molecular weight is 377 g/mol. The molecule has 0 saturated heterocycles. The van der Waals surface area contributed by atoms with Crippen LogP contribution >= 0.6 is 0 Å². The molecular formula is C23H27N3O2. The number of carbonyl (C=O) groups is 2. The van der Waals surface area contributed by atoms with Gasteiger partial charge >= 0.3 is 0 Å². The minimum absolute atomic E-state index is 0.00911. The smallest absolute Gasteiger partial charge is 0.254 e. The van der Waals surface area contributed by atoms with E-state index in [9.17, 15) is 9.59 Å². The van der Waals surface area contributed by atoms with Crippen LogP contribution in [0.15, 0.2) is 48.5 Å². The predicted octanol–water partition coefficient (Wildman–Crippen LogP) is 3.45. The van der Waals surface area contributed by atoms with Crippen molar-refractivity contribution in [2.24, 2.45) is 0 Å². The van der Waals surface area contributed by atoms with Crippen LogP contribution in [0.4, 0.5) is 5.69 Å². The van der Waals surface area contributed by atoms with Gasteiger partial charge in [0.1, 0.15) is 0 Å². The number of nitrogens with zero attached hydrogens (tertiary/aromatic N) is 2. The second kappa shape index (κ2) is 7.66. The van der Waals surface area contributed by atoms with Gasteiger partial charge < -0.3 is 15.1 Å². The highest BCUT2D eigenvalue weighted by Gasteiger charge is 2.33. The van der Waals surface area contributed by atoms with E-state index in [2.05, 4.69) is 5.32 Å². The first-order valence-corrected chi connectivity index (χ1v) is 9.99. The van der Waals surface area contributed by atoms with Gasteiger partial charge in [0.2, 0.25) is 0 Å². The van der Waals surface area contributed by atoms with E-state index in [0.717, 1.165) is 42.5 Å². The fourth-order valence-corrected chi connectivity index (χ4v) is 3.28. The molecule has 2 aliphatic carbocycles. The average Bonchev–Trinajstić information content (AvgIpc) is 3.61. The van der Waals surface area contributed by atoms with E-state index in [1.165, 1.54) is 0 Å². The van der Waals surface area contributed by atoms with Gasteiger partial charge in [-0.25, -0.2) is 0 Å². The molecule has 0 heterocycles. The van der Waals surface area contributed by atoms with Gasteiger partial charge in [-0.1, -0.05) is 12.1 Å². The van der Waals surface area contributed by atoms with Gasteiger partial charge in [0.05, 0.1) is 0 Å². The molecule has 4 rings (SSSR count). The summed E-state index contributed by atoms with van der Waals surface area (Å²) >= 11 is 0. The SMILES string of the molecule is CN(C)c1ccc(C(=O)N(Cc2ccc(C(=O)NC3CC3)cc2)C2CC2)cc1. The lowest BCUT2D eigenvalue weighted by Gasteiger charge is -2.23. The molecule has 0 radical (unpaired) electrons. The Labute approximate surface area is 166 Å². The Bertz CT molecular complexity index is 850. The summed E-state index contributed by atoms with van der Waals surface area (Å²) in [7, 11) is 3.98. The Balaban J connectivity index is 1.44. The molecule has 2 fully saturated rings. The summed E-state index contributed by atoms with van der Waals surface area (Å²) in [5, 5.41) is 3.00. The van der Waals surface area contributed by atoms with Crippen molar-refractivity contribution < 1.29 is 9.59 Å². The van der Waals surface area contributed by atoms with Crippen molar-refractivity contribution in [3.8, 4) is 0 Å². The van der Waals surface area contributed by atoms with Gasteiger partial charge in [-0.15, -0.1) is 0 Å². The molecule has 1 N–H and O–H groups in total. The normalized spacial score (nSPS) is 15.8. The maximum Gasteiger partial charge on any atom is 0.254 e. The lowest BCUT2D eigenvalue weighted by atomic mass is 10.1. The summed E-state index contributed by atoms with van der Waals surface area (Å²) < 4.78 is 0. The summed E-state index contributed by atoms with van der Waals surface area (Å²) in [6.07, 6.45) is 4.28. The standard InChI is InChI=1S/C23H27N3O2/c1-25(2)20-11-7-18(8-12-20)23(28)26(21-13-14-21)15-16-3-5-17(6-4-16)22(27)24-19-9-10-19/h3-8,11-12,19,21H,9-10,13-15H2,1-2H3,(H,24,27). The third-order valence-corrected chi connectivity index (χ3v) is 5.36. The van der Waals surface area contributed by atoms with E-state index in [1.807, 2.05) is 72.4 Å². The molecule has 2 saturated carbocycles. The van der Waals surface area contributed by atoms with Crippen molar-refractivity contribution in [1.82, 2.24) is 10.2 Å². The molecule has 2 aromatic rings. The lowest BCUT2D eigenvalue weighted by molar-refractivity contribution is 0.0729. The zero-order valence-corrected chi connectivity index (χ0v) is 16.5. The van der Waals surface area contributed by atoms with Crippen LogP contribution in [0.25, 0.3) is 0 Å². The Morgan fingerprint density at radius 3 is 2.04 bits per heavy atom. The summed E-state index contributed by atoms with van der Waals surface area (Å²) in [6, 6.07) is 16.1. The van der Waals surface area contributed by atoms with Crippen molar-refractivity contribution in [1.29, 1.82) is 0 Å². The molecule has 2 aliphatic rings. The van der Waals surface area contributed by atoms with E-state index in [4.69, 9.17) is 0 Å². The molecule has 2 amide bonds. The number of rotatable bonds is 7. The van der Waals surface area contributed by atoms with Crippen LogP contribution in [0.3, 0.4) is 0 Å². The van der Waals surface area contributed by atoms with E-state index in [0.29, 0.717) is 24.2 Å². The highest BCUT2D eigenvalue weighted by Crippen LogP contribution is 2.30. The summed E-state index contributed by atoms with van der Waals surface area (Å²) in [5.74, 6) is 0.0634. The fourth-order valence-electron chi connectivity index (χ4n) is 3.28. The van der Waals surface area contributed by atoms with Crippen molar-refractivity contribution in [3.63, 3.8) is 0 Å². The Morgan fingerprint density at radius 2 is 1.50 bits per heavy atom. The molecule has 28 heavy (non-hydrogen) atoms. The Hall–Kier alpha value is -2.82. The van der Waals surface area contributed by atoms with Gasteiger partial charge in [0.15, 0.2) is 0 Å². The van der Waals surface area contributed by atoms with Crippen molar-refractivity contribution in [2.45, 2.75) is 44.3 Å². The van der Waals surface area contributed by atoms with Gasteiger partial charge in [-0.05, 0) is 67.6 Å². The van der Waals surface area contributed by atoms with Crippen LogP contribution in [0, 0.1) is 0 Å². The second-order valence-corrected chi connectivity index (χ2v) is 8.05. The molecule has 0 bridgehead atoms. The number of hydrogen-bond donors (Lipinski definition) is 1. The molecule has 146 valence electrons. The lowest BCUT2D eigenvalue weighted by Crippen LogP contribution is -2.32. The number of carbonyl (C=O) groups excluding carboxylic acids is 2. The molecule has 0 atom stereocenters. The summed E-state index contributed by atoms with van der Waals surface area (Å²) in [4.78, 5) is 29.2. The number of amides is 2. The van der Waals surface area contributed by atoms with Crippen LogP contribution in [0.2, 0.25) is 0 Å². The maximum atomic E-state index is 13.1. The fraction of sp³-hybridized carbons (Fsp3) is 0.391. The van der Waals surface area contributed by atoms with Crippen LogP contribution in [0.1, 0.15) is 52.0 Å². The van der Waals surface area contributed by atoms with E-state index < -0.39 is 0 Å². The first-order valence-electron chi connectivity index (χ1n) is 9.99. The first kappa shape index (κ1) is 18.5. The van der Waals surface area contributed by atoms with Crippen molar-refractivity contribution >= 4 is 17.5 Å². The van der Waals surface area contributed by atoms with Crippen LogP contribution in [-0.4, -0.2) is 42.9 Å². The van der Waals surface area contributed by atoms with Gasteiger partial charge in [0, 0.05) is 49.5 Å². The number of anilines is 1. The molecular weight excluding hydrogens is 350 g/mol. The minimum atomic E-state index is -0.00911. The first-order chi connectivity index (χ1) is 13.5. The van der Waals surface area contributed by atoms with E-state index in [1.54, 1.807) is 0 Å². The Kier molecular flexibility index (Phi) is 5.07. The van der Waals surface area contributed by atoms with Gasteiger partial charge in [-0.2, -0.15) is 0 Å². The zero-order chi connectivity index (χ0) is 19.7. The third kappa shape index (κ3) is 4.35. The predicted molar refractivity (Wildman–Crippen MR) is 111 cm³/mol. The Morgan fingerprint density at radius 1 is 0.893 bits per heavy atom. The third-order valence-electron chi connectivity index (χ3n) is 5.36. The van der Waals surface area contributed by atoms with E-state index in [-0.39, 0.29) is 11.8 Å². The largest absolute Gasteiger partial charge is 0.378 e. The topological polar surface area (TPSA) is 52.7 Å². The molecule has 5 heteroatoms. The van der Waals surface area contributed by atoms with Crippen LogP contribution in [0.5, 0.6) is 0 Å². The number of nitrogens with one attached hydrogen (secondary N) is 1. The minimum Gasteiger partial charge on any atom is -0.378 e. The molecule has 0 aromatic heterocycles. The second-order valence-electron chi connectivity index (χ2n) is 8.05. The summed E-state index contributed by atoms with van der Waals surface area (Å²) in [5.41, 5.74) is 3.53. The van der Waals surface area contributed by atoms with E-state index >= 15 is 0 Å². The number of hydrogen-bond acceptors (Lipinski definition) is 3. The van der Waals surface area contributed by atoms with Crippen LogP contribution < -0.4 is 10.2 Å². The zero-order valence-electron chi connectivity index (χ0n) is 16.5. The molecule has 0 unspecified atom stereocenters. The highest BCUT2D eigenvalue weighted by molar-refractivity contribution is 5.95. The van der Waals surface area contributed by atoms with Gasteiger partial charge in [-0.3, -0.25) is 9.59 Å². The van der Waals surface area contributed by atoms with Crippen LogP contribution in [-0.2, 0) is 6.54 Å². The van der Waals surface area contributed by atoms with Crippen molar-refractivity contribution in [2.75, 3.05) is 19.0 Å². The molecule has 0 aliphatic heterocycles. The van der Waals surface area contributed by atoms with Gasteiger partial charge in [0.25, 0.3) is 11.8 Å². The van der Waals surface area contributed by atoms with Crippen molar-refractivity contribution in [3.05, 3.63) is 65.2 Å². The highest BCUT2D eigenvalue weighted by atomic mass is 16.2. The maximum absolute atomic E-state index is 13.1. The monoisotopic (exact) mass is 377 g/mol. The molecule has 2 aromatic carbocycles. The quantitative estimate of drug-likeness (QED) is 0.804. The molecule has 5 nitrogen and oxygen atoms in total. The number of benzene rings is 2. The summed E-state index contributed by atoms with van der Waals surface area (Å²) in [6.45, 7) is 0.573.